The standard InChI is InChI=1S/C10H12N4/c1-2-12-10-4-3-9(7-13-10)14-6-5-11-8-14/h3-8H,2H2,1H3,(H,12,13). The number of rotatable bonds is 3. The lowest BCUT2D eigenvalue weighted by Crippen LogP contribution is -1.99. The summed E-state index contributed by atoms with van der Waals surface area (Å²) < 4.78 is 1.92. The van der Waals surface area contributed by atoms with E-state index in [1.54, 1.807) is 12.5 Å². The van der Waals surface area contributed by atoms with Crippen molar-refractivity contribution in [3.8, 4) is 5.69 Å². The molecule has 0 saturated heterocycles. The highest BCUT2D eigenvalue weighted by Crippen LogP contribution is 2.08. The molecule has 4 nitrogen and oxygen atoms in total. The van der Waals surface area contributed by atoms with Crippen molar-refractivity contribution in [2.75, 3.05) is 11.9 Å². The van der Waals surface area contributed by atoms with E-state index >= 15 is 0 Å². The lowest BCUT2D eigenvalue weighted by atomic mass is 10.4. The number of nitrogens with one attached hydrogen (secondary N) is 1. The van der Waals surface area contributed by atoms with Gasteiger partial charge >= 0.3 is 0 Å². The fourth-order valence-electron chi connectivity index (χ4n) is 1.24. The van der Waals surface area contributed by atoms with Gasteiger partial charge in [-0.25, -0.2) is 9.97 Å². The minimum Gasteiger partial charge on any atom is -0.370 e. The van der Waals surface area contributed by atoms with Crippen molar-refractivity contribution in [2.45, 2.75) is 6.92 Å². The molecular formula is C10H12N4. The number of hydrogen-bond donors (Lipinski definition) is 1. The maximum Gasteiger partial charge on any atom is 0.126 e. The molecule has 0 aromatic carbocycles. The van der Waals surface area contributed by atoms with Crippen LogP contribution in [-0.4, -0.2) is 21.1 Å². The van der Waals surface area contributed by atoms with Gasteiger partial charge in [-0.3, -0.25) is 0 Å². The first-order valence-corrected chi connectivity index (χ1v) is 4.58. The predicted molar refractivity (Wildman–Crippen MR) is 55.5 cm³/mol. The molecule has 72 valence electrons. The molecule has 0 aliphatic rings. The van der Waals surface area contributed by atoms with E-state index < -0.39 is 0 Å². The van der Waals surface area contributed by atoms with Crippen LogP contribution in [0.1, 0.15) is 6.92 Å². The van der Waals surface area contributed by atoms with Crippen LogP contribution in [0.3, 0.4) is 0 Å². The van der Waals surface area contributed by atoms with E-state index in [2.05, 4.69) is 15.3 Å². The summed E-state index contributed by atoms with van der Waals surface area (Å²) in [6, 6.07) is 3.96. The molecule has 0 fully saturated rings. The van der Waals surface area contributed by atoms with Crippen LogP contribution in [0.15, 0.2) is 37.1 Å². The summed E-state index contributed by atoms with van der Waals surface area (Å²) >= 11 is 0. The summed E-state index contributed by atoms with van der Waals surface area (Å²) in [6.45, 7) is 2.93. The summed E-state index contributed by atoms with van der Waals surface area (Å²) in [5.41, 5.74) is 1.02. The van der Waals surface area contributed by atoms with Gasteiger partial charge in [0.25, 0.3) is 0 Å². The van der Waals surface area contributed by atoms with Gasteiger partial charge in [0.2, 0.25) is 0 Å². The van der Waals surface area contributed by atoms with E-state index in [0.29, 0.717) is 0 Å². The third kappa shape index (κ3) is 1.74. The molecule has 0 aliphatic heterocycles. The second-order valence-corrected chi connectivity index (χ2v) is 2.90. The fraction of sp³-hybridized carbons (Fsp3) is 0.200. The highest BCUT2D eigenvalue weighted by atomic mass is 15.0. The topological polar surface area (TPSA) is 42.7 Å². The zero-order valence-corrected chi connectivity index (χ0v) is 8.01. The molecule has 4 heteroatoms. The first kappa shape index (κ1) is 8.74. The van der Waals surface area contributed by atoms with Crippen LogP contribution in [0.2, 0.25) is 0 Å². The second-order valence-electron chi connectivity index (χ2n) is 2.90. The van der Waals surface area contributed by atoms with Gasteiger partial charge in [0.1, 0.15) is 5.82 Å². The molecule has 0 saturated carbocycles. The monoisotopic (exact) mass is 188 g/mol. The molecule has 2 rings (SSSR count). The summed E-state index contributed by atoms with van der Waals surface area (Å²) in [6.07, 6.45) is 7.21. The number of nitrogens with zero attached hydrogens (tertiary/aromatic N) is 3. The Kier molecular flexibility index (Phi) is 2.44. The molecule has 2 heterocycles. The zero-order valence-electron chi connectivity index (χ0n) is 8.01. The van der Waals surface area contributed by atoms with Crippen molar-refractivity contribution < 1.29 is 0 Å². The first-order valence-electron chi connectivity index (χ1n) is 4.58. The molecule has 0 unspecified atom stereocenters. The van der Waals surface area contributed by atoms with Crippen LogP contribution >= 0.6 is 0 Å². The Morgan fingerprint density at radius 2 is 2.36 bits per heavy atom. The molecule has 2 aromatic rings. The number of pyridine rings is 1. The summed E-state index contributed by atoms with van der Waals surface area (Å²) in [5, 5.41) is 3.14. The summed E-state index contributed by atoms with van der Waals surface area (Å²) in [4.78, 5) is 8.24. The Morgan fingerprint density at radius 1 is 1.43 bits per heavy atom. The highest BCUT2D eigenvalue weighted by Gasteiger charge is 1.95. The van der Waals surface area contributed by atoms with Gasteiger partial charge in [-0.15, -0.1) is 0 Å². The maximum absolute atomic E-state index is 4.26. The molecule has 2 aromatic heterocycles. The van der Waals surface area contributed by atoms with E-state index in [9.17, 15) is 0 Å². The Hall–Kier alpha value is -1.84. The molecule has 0 amide bonds. The van der Waals surface area contributed by atoms with E-state index in [1.165, 1.54) is 0 Å². The molecule has 0 radical (unpaired) electrons. The van der Waals surface area contributed by atoms with Gasteiger partial charge in [0, 0.05) is 18.9 Å². The van der Waals surface area contributed by atoms with E-state index in [1.807, 2.05) is 36.0 Å². The first-order chi connectivity index (χ1) is 6.90. The second kappa shape index (κ2) is 3.91. The number of anilines is 1. The molecule has 0 spiro atoms. The number of aromatic nitrogens is 3. The average Bonchev–Trinajstić information content (AvgIpc) is 2.72. The van der Waals surface area contributed by atoms with E-state index in [0.717, 1.165) is 18.1 Å². The third-order valence-electron chi connectivity index (χ3n) is 1.91. The smallest absolute Gasteiger partial charge is 0.126 e. The van der Waals surface area contributed by atoms with Crippen molar-refractivity contribution in [1.29, 1.82) is 0 Å². The van der Waals surface area contributed by atoms with Crippen molar-refractivity contribution in [2.24, 2.45) is 0 Å². The SMILES string of the molecule is CCNc1ccc(-n2ccnc2)cn1. The van der Waals surface area contributed by atoms with Crippen molar-refractivity contribution in [3.63, 3.8) is 0 Å². The molecule has 1 N–H and O–H groups in total. The minimum absolute atomic E-state index is 0.886. The number of hydrogen-bond acceptors (Lipinski definition) is 3. The van der Waals surface area contributed by atoms with Crippen LogP contribution in [-0.2, 0) is 0 Å². The fourth-order valence-corrected chi connectivity index (χ4v) is 1.24. The van der Waals surface area contributed by atoms with E-state index in [-0.39, 0.29) is 0 Å². The maximum atomic E-state index is 4.26. The van der Waals surface area contributed by atoms with Crippen LogP contribution < -0.4 is 5.32 Å². The van der Waals surface area contributed by atoms with Gasteiger partial charge in [-0.2, -0.15) is 0 Å². The quantitative estimate of drug-likeness (QED) is 0.797. The van der Waals surface area contributed by atoms with Gasteiger partial charge in [0.15, 0.2) is 0 Å². The Bertz CT molecular complexity index is 377. The van der Waals surface area contributed by atoms with Crippen molar-refractivity contribution in [1.82, 2.24) is 14.5 Å². The van der Waals surface area contributed by atoms with Gasteiger partial charge in [-0.05, 0) is 19.1 Å². The third-order valence-corrected chi connectivity index (χ3v) is 1.91. The summed E-state index contributed by atoms with van der Waals surface area (Å²) in [5.74, 6) is 0.899. The largest absolute Gasteiger partial charge is 0.370 e. The molecule has 0 bridgehead atoms. The van der Waals surface area contributed by atoms with Crippen molar-refractivity contribution in [3.05, 3.63) is 37.1 Å². The Balaban J connectivity index is 2.22. The van der Waals surface area contributed by atoms with Crippen molar-refractivity contribution >= 4 is 5.82 Å². The Labute approximate surface area is 82.6 Å². The normalized spacial score (nSPS) is 10.1. The Morgan fingerprint density at radius 3 is 2.93 bits per heavy atom. The molecular weight excluding hydrogens is 176 g/mol. The zero-order chi connectivity index (χ0) is 9.80. The minimum atomic E-state index is 0.886. The molecule has 0 atom stereocenters. The van der Waals surface area contributed by atoms with Crippen LogP contribution in [0.4, 0.5) is 5.82 Å². The summed E-state index contributed by atoms with van der Waals surface area (Å²) in [7, 11) is 0. The van der Waals surface area contributed by atoms with Crippen LogP contribution in [0, 0.1) is 0 Å². The van der Waals surface area contributed by atoms with E-state index in [4.69, 9.17) is 0 Å². The van der Waals surface area contributed by atoms with Crippen LogP contribution in [0.25, 0.3) is 5.69 Å². The highest BCUT2D eigenvalue weighted by molar-refractivity contribution is 5.40. The molecule has 0 aliphatic carbocycles. The predicted octanol–water partition coefficient (Wildman–Crippen LogP) is 1.70. The van der Waals surface area contributed by atoms with Gasteiger partial charge in [0.05, 0.1) is 18.2 Å². The average molecular weight is 188 g/mol. The lowest BCUT2D eigenvalue weighted by Gasteiger charge is -2.04. The van der Waals surface area contributed by atoms with Gasteiger partial charge < -0.3 is 9.88 Å². The van der Waals surface area contributed by atoms with Crippen LogP contribution in [0.5, 0.6) is 0 Å². The lowest BCUT2D eigenvalue weighted by molar-refractivity contribution is 1.03. The van der Waals surface area contributed by atoms with Gasteiger partial charge in [-0.1, -0.05) is 0 Å². The molecule has 14 heavy (non-hydrogen) atoms. The number of imidazole rings is 1.